The maximum Gasteiger partial charge on any atom is 0.323 e. The second-order valence-corrected chi connectivity index (χ2v) is 5.89. The Morgan fingerprint density at radius 1 is 1.20 bits per heavy atom. The number of nitrogens with zero attached hydrogens (tertiary/aromatic N) is 3. The molecule has 128 valence electrons. The van der Waals surface area contributed by atoms with Crippen LogP contribution < -0.4 is 15.4 Å². The van der Waals surface area contributed by atoms with Crippen molar-refractivity contribution >= 4 is 33.3 Å². The van der Waals surface area contributed by atoms with Crippen LogP contribution in [0.25, 0.3) is 11.4 Å². The molecule has 3 rings (SSSR count). The van der Waals surface area contributed by atoms with E-state index in [-0.39, 0.29) is 6.03 Å². The number of urea groups is 1. The molecular weight excluding hydrogens is 388 g/mol. The summed E-state index contributed by atoms with van der Waals surface area (Å²) in [6, 6.07) is 12.2. The van der Waals surface area contributed by atoms with Gasteiger partial charge in [-0.25, -0.2) is 9.89 Å². The highest BCUT2D eigenvalue weighted by Crippen LogP contribution is 2.28. The number of aromatic nitrogens is 4. The largest absolute Gasteiger partial charge is 0.494 e. The van der Waals surface area contributed by atoms with E-state index < -0.39 is 0 Å². The van der Waals surface area contributed by atoms with Crippen LogP contribution in [0.15, 0.2) is 46.9 Å². The minimum Gasteiger partial charge on any atom is -0.494 e. The van der Waals surface area contributed by atoms with Crippen LogP contribution in [-0.4, -0.2) is 33.3 Å². The van der Waals surface area contributed by atoms with Gasteiger partial charge in [0, 0.05) is 15.7 Å². The van der Waals surface area contributed by atoms with Crippen LogP contribution in [0.3, 0.4) is 0 Å². The third-order valence-electron chi connectivity index (χ3n) is 3.25. The molecule has 3 aromatic rings. The average molecular weight is 403 g/mol. The number of amides is 2. The van der Waals surface area contributed by atoms with Crippen LogP contribution in [0.4, 0.5) is 16.2 Å². The highest BCUT2D eigenvalue weighted by atomic mass is 79.9. The third kappa shape index (κ3) is 4.32. The van der Waals surface area contributed by atoms with Gasteiger partial charge in [-0.15, -0.1) is 5.10 Å². The summed E-state index contributed by atoms with van der Waals surface area (Å²) in [7, 11) is 0. The molecule has 25 heavy (non-hydrogen) atoms. The first-order chi connectivity index (χ1) is 12.2. The van der Waals surface area contributed by atoms with Gasteiger partial charge in [-0.05, 0) is 59.8 Å². The summed E-state index contributed by atoms with van der Waals surface area (Å²) in [6.45, 7) is 2.51. The van der Waals surface area contributed by atoms with Crippen molar-refractivity contribution in [3.05, 3.63) is 46.9 Å². The van der Waals surface area contributed by atoms with Gasteiger partial charge in [0.15, 0.2) is 5.82 Å². The second-order valence-electron chi connectivity index (χ2n) is 4.98. The molecule has 0 saturated heterocycles. The van der Waals surface area contributed by atoms with E-state index >= 15 is 0 Å². The quantitative estimate of drug-likeness (QED) is 0.603. The van der Waals surface area contributed by atoms with Crippen molar-refractivity contribution in [2.24, 2.45) is 0 Å². The topological polar surface area (TPSA) is 105 Å². The Balaban J connectivity index is 1.73. The van der Waals surface area contributed by atoms with E-state index in [0.29, 0.717) is 29.4 Å². The van der Waals surface area contributed by atoms with Gasteiger partial charge < -0.3 is 15.4 Å². The summed E-state index contributed by atoms with van der Waals surface area (Å²) in [5.41, 5.74) is 1.90. The minimum absolute atomic E-state index is 0.375. The number of carbonyl (C=O) groups excluding carboxylic acids is 1. The van der Waals surface area contributed by atoms with Gasteiger partial charge in [0.05, 0.1) is 12.3 Å². The molecule has 0 aliphatic heterocycles. The Morgan fingerprint density at radius 2 is 2.00 bits per heavy atom. The zero-order valence-corrected chi connectivity index (χ0v) is 14.9. The lowest BCUT2D eigenvalue weighted by Crippen LogP contribution is -2.19. The number of ether oxygens (including phenoxy) is 1. The number of nitrogens with one attached hydrogen (secondary N) is 3. The number of anilines is 2. The fraction of sp³-hybridized carbons (Fsp3) is 0.125. The van der Waals surface area contributed by atoms with Crippen LogP contribution in [0, 0.1) is 0 Å². The Bertz CT molecular complexity index is 852. The summed E-state index contributed by atoms with van der Waals surface area (Å²) in [5, 5.41) is 19.3. The van der Waals surface area contributed by atoms with Gasteiger partial charge in [0.1, 0.15) is 5.75 Å². The average Bonchev–Trinajstić information content (AvgIpc) is 3.13. The number of benzene rings is 2. The van der Waals surface area contributed by atoms with E-state index in [0.717, 1.165) is 10.2 Å². The third-order valence-corrected chi connectivity index (χ3v) is 3.75. The zero-order valence-electron chi connectivity index (χ0n) is 13.3. The predicted molar refractivity (Wildman–Crippen MR) is 97.6 cm³/mol. The summed E-state index contributed by atoms with van der Waals surface area (Å²) in [6.07, 6.45) is 0. The molecule has 0 unspecified atom stereocenters. The second kappa shape index (κ2) is 7.75. The lowest BCUT2D eigenvalue weighted by molar-refractivity contribution is 0.262. The molecular formula is C16H15BrN6O2. The van der Waals surface area contributed by atoms with Crippen LogP contribution in [0.5, 0.6) is 5.75 Å². The predicted octanol–water partition coefficient (Wildman–Crippen LogP) is 3.67. The number of hydrogen-bond donors (Lipinski definition) is 3. The maximum atomic E-state index is 12.3. The van der Waals surface area contributed by atoms with Crippen molar-refractivity contribution in [2.45, 2.75) is 6.92 Å². The molecule has 2 amide bonds. The van der Waals surface area contributed by atoms with E-state index in [1.807, 2.05) is 19.1 Å². The molecule has 1 heterocycles. The van der Waals surface area contributed by atoms with E-state index in [1.165, 1.54) is 0 Å². The molecule has 3 N–H and O–H groups in total. The molecule has 1 aromatic heterocycles. The molecule has 0 bridgehead atoms. The molecule has 0 radical (unpaired) electrons. The minimum atomic E-state index is -0.375. The molecule has 0 spiro atoms. The Hall–Kier alpha value is -2.94. The Labute approximate surface area is 152 Å². The summed E-state index contributed by atoms with van der Waals surface area (Å²) < 4.78 is 6.22. The number of aromatic amines is 1. The van der Waals surface area contributed by atoms with Gasteiger partial charge >= 0.3 is 6.03 Å². The van der Waals surface area contributed by atoms with E-state index in [4.69, 9.17) is 4.74 Å². The first kappa shape index (κ1) is 16.9. The smallest absolute Gasteiger partial charge is 0.323 e. The van der Waals surface area contributed by atoms with Gasteiger partial charge in [-0.3, -0.25) is 0 Å². The Kier molecular flexibility index (Phi) is 5.24. The van der Waals surface area contributed by atoms with Crippen LogP contribution in [0.2, 0.25) is 0 Å². The molecule has 9 heteroatoms. The van der Waals surface area contributed by atoms with E-state index in [1.54, 1.807) is 30.3 Å². The van der Waals surface area contributed by atoms with Crippen molar-refractivity contribution in [1.29, 1.82) is 0 Å². The molecule has 0 aliphatic rings. The van der Waals surface area contributed by atoms with Gasteiger partial charge in [-0.1, -0.05) is 15.9 Å². The Morgan fingerprint density at radius 3 is 2.68 bits per heavy atom. The number of H-pyrrole nitrogens is 1. The van der Waals surface area contributed by atoms with Crippen LogP contribution in [0.1, 0.15) is 6.92 Å². The number of tetrazole rings is 1. The first-order valence-electron chi connectivity index (χ1n) is 7.50. The first-order valence-corrected chi connectivity index (χ1v) is 8.29. The fourth-order valence-corrected chi connectivity index (χ4v) is 2.54. The highest BCUT2D eigenvalue weighted by molar-refractivity contribution is 9.10. The normalized spacial score (nSPS) is 10.3. The number of carbonyl (C=O) groups is 1. The van der Waals surface area contributed by atoms with Gasteiger partial charge in [0.2, 0.25) is 0 Å². The van der Waals surface area contributed by atoms with Crippen LogP contribution >= 0.6 is 15.9 Å². The lowest BCUT2D eigenvalue weighted by Gasteiger charge is -2.11. The molecule has 0 aliphatic carbocycles. The maximum absolute atomic E-state index is 12.3. The van der Waals surface area contributed by atoms with Crippen molar-refractivity contribution in [3.63, 3.8) is 0 Å². The summed E-state index contributed by atoms with van der Waals surface area (Å²) in [5.74, 6) is 1.21. The van der Waals surface area contributed by atoms with E-state index in [2.05, 4.69) is 47.2 Å². The van der Waals surface area contributed by atoms with Crippen molar-refractivity contribution in [3.8, 4) is 17.1 Å². The number of hydrogen-bond acceptors (Lipinski definition) is 5. The molecule has 0 atom stereocenters. The SMILES string of the molecule is CCOc1ccc(NC(=O)Nc2ccc(Br)cc2-c2nnn[nH]2)cc1. The van der Waals surface area contributed by atoms with Crippen molar-refractivity contribution < 1.29 is 9.53 Å². The standard InChI is InChI=1S/C16H15BrN6O2/c1-2-25-12-6-4-11(5-7-12)18-16(24)19-14-8-3-10(17)9-13(14)15-20-22-23-21-15/h3-9H,2H2,1H3,(H2,18,19,24)(H,20,21,22,23). The van der Waals surface area contributed by atoms with Crippen molar-refractivity contribution in [2.75, 3.05) is 17.2 Å². The van der Waals surface area contributed by atoms with Gasteiger partial charge in [-0.2, -0.15) is 0 Å². The lowest BCUT2D eigenvalue weighted by atomic mass is 10.1. The van der Waals surface area contributed by atoms with Crippen molar-refractivity contribution in [1.82, 2.24) is 20.6 Å². The van der Waals surface area contributed by atoms with Gasteiger partial charge in [0.25, 0.3) is 0 Å². The molecule has 8 nitrogen and oxygen atoms in total. The number of halogens is 1. The van der Waals surface area contributed by atoms with Crippen LogP contribution in [-0.2, 0) is 0 Å². The number of rotatable bonds is 5. The van der Waals surface area contributed by atoms with E-state index in [9.17, 15) is 4.79 Å². The molecule has 0 saturated carbocycles. The zero-order chi connectivity index (χ0) is 17.6. The molecule has 0 fully saturated rings. The fourth-order valence-electron chi connectivity index (χ4n) is 2.18. The highest BCUT2D eigenvalue weighted by Gasteiger charge is 2.12. The summed E-state index contributed by atoms with van der Waals surface area (Å²) >= 11 is 3.40. The monoisotopic (exact) mass is 402 g/mol. The summed E-state index contributed by atoms with van der Waals surface area (Å²) in [4.78, 5) is 12.3. The molecule has 2 aromatic carbocycles.